The van der Waals surface area contributed by atoms with Gasteiger partial charge in [-0.05, 0) is 12.8 Å². The third kappa shape index (κ3) is 6.95. The van der Waals surface area contributed by atoms with Crippen molar-refractivity contribution in [2.24, 2.45) is 0 Å². The number of methoxy groups -OCH3 is 1. The maximum absolute atomic E-state index is 5.89. The van der Waals surface area contributed by atoms with Crippen molar-refractivity contribution in [3.05, 3.63) is 12.1 Å². The molecule has 0 aromatic carbocycles. The molecule has 1 rings (SSSR count). The monoisotopic (exact) mass is 311 g/mol. The molecule has 0 aliphatic carbocycles. The largest absolute Gasteiger partial charge is 0.475 e. The Morgan fingerprint density at radius 2 is 1.73 bits per heavy atom. The van der Waals surface area contributed by atoms with Crippen LogP contribution in [0.4, 0.5) is 11.5 Å². The zero-order chi connectivity index (χ0) is 16.2. The number of nitrogens with zero attached hydrogens (tertiary/aromatic N) is 2. The highest BCUT2D eigenvalue weighted by molar-refractivity contribution is 5.55. The van der Waals surface area contributed by atoms with E-state index >= 15 is 0 Å². The molecular weight excluding hydrogens is 282 g/mol. The molecule has 0 amide bonds. The van der Waals surface area contributed by atoms with Crippen molar-refractivity contribution in [3.63, 3.8) is 0 Å². The third-order valence-corrected chi connectivity index (χ3v) is 3.07. The van der Waals surface area contributed by atoms with Gasteiger partial charge in [-0.3, -0.25) is 0 Å². The molecular formula is C16H29N3O3. The maximum Gasteiger partial charge on any atom is 0.217 e. The van der Waals surface area contributed by atoms with Crippen molar-refractivity contribution < 1.29 is 14.2 Å². The van der Waals surface area contributed by atoms with Crippen LogP contribution in [0.1, 0.15) is 26.7 Å². The highest BCUT2D eigenvalue weighted by Crippen LogP contribution is 2.23. The molecule has 0 spiro atoms. The minimum Gasteiger partial charge on any atom is -0.475 e. The number of hydrogen-bond donors (Lipinski definition) is 1. The first-order chi connectivity index (χ1) is 10.7. The molecule has 126 valence electrons. The molecule has 1 aromatic rings. The van der Waals surface area contributed by atoms with Gasteiger partial charge in [-0.15, -0.1) is 0 Å². The lowest BCUT2D eigenvalue weighted by molar-refractivity contribution is 0.0537. The summed E-state index contributed by atoms with van der Waals surface area (Å²) >= 11 is 0. The Labute approximate surface area is 133 Å². The van der Waals surface area contributed by atoms with E-state index in [0.717, 1.165) is 31.6 Å². The first-order valence-corrected chi connectivity index (χ1v) is 7.93. The summed E-state index contributed by atoms with van der Waals surface area (Å²) in [6, 6.07) is 3.84. The predicted molar refractivity (Wildman–Crippen MR) is 89.6 cm³/mol. The van der Waals surface area contributed by atoms with Gasteiger partial charge in [0.1, 0.15) is 12.4 Å². The lowest BCUT2D eigenvalue weighted by Gasteiger charge is -2.24. The molecule has 22 heavy (non-hydrogen) atoms. The molecule has 2 N–H and O–H groups in total. The average Bonchev–Trinajstić information content (AvgIpc) is 2.50. The number of nitrogens with two attached hydrogens (primary N) is 1. The van der Waals surface area contributed by atoms with Gasteiger partial charge < -0.3 is 24.8 Å². The molecule has 0 unspecified atom stereocenters. The first kappa shape index (κ1) is 18.5. The van der Waals surface area contributed by atoms with Gasteiger partial charge in [0, 0.05) is 38.0 Å². The highest BCUT2D eigenvalue weighted by atomic mass is 16.5. The fraction of sp³-hybridized carbons (Fsp3) is 0.688. The summed E-state index contributed by atoms with van der Waals surface area (Å²) in [6.45, 7) is 8.43. The maximum atomic E-state index is 5.89. The molecule has 0 bridgehead atoms. The molecule has 6 heteroatoms. The number of pyridine rings is 1. The topological polar surface area (TPSA) is 69.8 Å². The zero-order valence-corrected chi connectivity index (χ0v) is 14.0. The van der Waals surface area contributed by atoms with Crippen LogP contribution in [0.15, 0.2) is 12.1 Å². The van der Waals surface area contributed by atoms with Gasteiger partial charge in [-0.2, -0.15) is 4.98 Å². The van der Waals surface area contributed by atoms with Crippen LogP contribution in [0.25, 0.3) is 0 Å². The highest BCUT2D eigenvalue weighted by Gasteiger charge is 2.08. The molecule has 0 atom stereocenters. The van der Waals surface area contributed by atoms with Gasteiger partial charge in [0.05, 0.1) is 19.8 Å². The van der Waals surface area contributed by atoms with Gasteiger partial charge in [0.25, 0.3) is 0 Å². The van der Waals surface area contributed by atoms with E-state index in [2.05, 4.69) is 23.7 Å². The third-order valence-electron chi connectivity index (χ3n) is 3.07. The van der Waals surface area contributed by atoms with Crippen LogP contribution in [0.5, 0.6) is 5.88 Å². The standard InChI is InChI=1S/C16H29N3O3/c1-4-6-19(7-5-2)14-12-15(17)18-16(13-14)22-11-10-21-9-8-20-3/h12-13H,4-11H2,1-3H3,(H2,17,18). The fourth-order valence-corrected chi connectivity index (χ4v) is 2.13. The van der Waals surface area contributed by atoms with Crippen molar-refractivity contribution in [2.75, 3.05) is 57.3 Å². The van der Waals surface area contributed by atoms with Crippen LogP contribution in [0, 0.1) is 0 Å². The molecule has 0 fully saturated rings. The van der Waals surface area contributed by atoms with Crippen LogP contribution in [0.2, 0.25) is 0 Å². The SMILES string of the molecule is CCCN(CCC)c1cc(N)nc(OCCOCCOC)c1. The number of anilines is 2. The van der Waals surface area contributed by atoms with E-state index in [4.69, 9.17) is 19.9 Å². The predicted octanol–water partition coefficient (Wildman–Crippen LogP) is 2.33. The Bertz CT molecular complexity index is 410. The van der Waals surface area contributed by atoms with Crippen molar-refractivity contribution in [1.82, 2.24) is 4.98 Å². The van der Waals surface area contributed by atoms with E-state index in [1.54, 1.807) is 7.11 Å². The summed E-state index contributed by atoms with van der Waals surface area (Å²) < 4.78 is 15.9. The van der Waals surface area contributed by atoms with Crippen LogP contribution in [0.3, 0.4) is 0 Å². The minimum absolute atomic E-state index is 0.446. The van der Waals surface area contributed by atoms with Crippen LogP contribution >= 0.6 is 0 Å². The number of ether oxygens (including phenoxy) is 3. The summed E-state index contributed by atoms with van der Waals surface area (Å²) in [5, 5.41) is 0. The number of rotatable bonds is 12. The first-order valence-electron chi connectivity index (χ1n) is 7.93. The van der Waals surface area contributed by atoms with E-state index in [1.165, 1.54) is 0 Å². The molecule has 0 radical (unpaired) electrons. The summed E-state index contributed by atoms with van der Waals surface area (Å²) in [6.07, 6.45) is 2.18. The van der Waals surface area contributed by atoms with E-state index in [-0.39, 0.29) is 0 Å². The smallest absolute Gasteiger partial charge is 0.217 e. The van der Waals surface area contributed by atoms with Gasteiger partial charge in [-0.25, -0.2) is 0 Å². The van der Waals surface area contributed by atoms with Crippen molar-refractivity contribution in [2.45, 2.75) is 26.7 Å². The molecule has 0 aliphatic heterocycles. The lowest BCUT2D eigenvalue weighted by atomic mass is 10.3. The number of nitrogen functional groups attached to an aromatic ring is 1. The van der Waals surface area contributed by atoms with Gasteiger partial charge in [0.15, 0.2) is 0 Å². The molecule has 0 aliphatic rings. The Morgan fingerprint density at radius 3 is 2.36 bits per heavy atom. The molecule has 1 heterocycles. The van der Waals surface area contributed by atoms with Crippen molar-refractivity contribution in [1.29, 1.82) is 0 Å². The molecule has 0 saturated heterocycles. The Hall–Kier alpha value is -1.53. The number of aromatic nitrogens is 1. The lowest BCUT2D eigenvalue weighted by Crippen LogP contribution is -2.25. The summed E-state index contributed by atoms with van der Waals surface area (Å²) in [5.41, 5.74) is 6.96. The summed E-state index contributed by atoms with van der Waals surface area (Å²) in [5.74, 6) is 1.02. The molecule has 1 aromatic heterocycles. The van der Waals surface area contributed by atoms with E-state index < -0.39 is 0 Å². The van der Waals surface area contributed by atoms with Gasteiger partial charge >= 0.3 is 0 Å². The van der Waals surface area contributed by atoms with Gasteiger partial charge in [-0.1, -0.05) is 13.8 Å². The minimum atomic E-state index is 0.446. The second kappa shape index (κ2) is 11.1. The Morgan fingerprint density at radius 1 is 1.05 bits per heavy atom. The van der Waals surface area contributed by atoms with Crippen LogP contribution in [-0.2, 0) is 9.47 Å². The van der Waals surface area contributed by atoms with Crippen LogP contribution < -0.4 is 15.4 Å². The average molecular weight is 311 g/mol. The van der Waals surface area contributed by atoms with Gasteiger partial charge in [0.2, 0.25) is 5.88 Å². The Balaban J connectivity index is 2.56. The quantitative estimate of drug-likeness (QED) is 0.597. The molecule has 6 nitrogen and oxygen atoms in total. The Kier molecular flexibility index (Phi) is 9.34. The summed E-state index contributed by atoms with van der Waals surface area (Å²) in [4.78, 5) is 6.52. The van der Waals surface area contributed by atoms with E-state index in [1.807, 2.05) is 12.1 Å². The zero-order valence-electron chi connectivity index (χ0n) is 14.0. The van der Waals surface area contributed by atoms with Crippen molar-refractivity contribution >= 4 is 11.5 Å². The van der Waals surface area contributed by atoms with E-state index in [0.29, 0.717) is 38.1 Å². The fourth-order valence-electron chi connectivity index (χ4n) is 2.13. The second-order valence-electron chi connectivity index (χ2n) is 5.03. The second-order valence-corrected chi connectivity index (χ2v) is 5.03. The van der Waals surface area contributed by atoms with Crippen molar-refractivity contribution in [3.8, 4) is 5.88 Å². The van der Waals surface area contributed by atoms with E-state index in [9.17, 15) is 0 Å². The number of hydrogen-bond acceptors (Lipinski definition) is 6. The van der Waals surface area contributed by atoms with Crippen LogP contribution in [-0.4, -0.2) is 51.6 Å². The normalized spacial score (nSPS) is 10.7. The molecule has 0 saturated carbocycles. The summed E-state index contributed by atoms with van der Waals surface area (Å²) in [7, 11) is 1.65.